The maximum atomic E-state index is 12.0. The molecule has 1 saturated heterocycles. The molecule has 1 atom stereocenters. The summed E-state index contributed by atoms with van der Waals surface area (Å²) in [4.78, 5) is 19.5. The molecule has 2 heterocycles. The molecule has 0 bridgehead atoms. The van der Waals surface area contributed by atoms with Crippen LogP contribution in [0.5, 0.6) is 5.75 Å². The lowest BCUT2D eigenvalue weighted by Gasteiger charge is -2.17. The van der Waals surface area contributed by atoms with E-state index in [1.807, 2.05) is 30.5 Å². The Morgan fingerprint density at radius 1 is 1.33 bits per heavy atom. The number of benzene rings is 1. The molecule has 0 radical (unpaired) electrons. The molecular formula is C22H30N4O3S. The van der Waals surface area contributed by atoms with E-state index in [2.05, 4.69) is 22.8 Å². The van der Waals surface area contributed by atoms with Gasteiger partial charge in [0, 0.05) is 31.0 Å². The Labute approximate surface area is 182 Å². The molecule has 0 aliphatic carbocycles. The number of rotatable bonds is 8. The number of nitrogens with one attached hydrogen (secondary N) is 2. The molecule has 2 aromatic rings. The Morgan fingerprint density at radius 2 is 2.20 bits per heavy atom. The third-order valence-corrected chi connectivity index (χ3v) is 5.60. The summed E-state index contributed by atoms with van der Waals surface area (Å²) in [7, 11) is 3.48. The van der Waals surface area contributed by atoms with Gasteiger partial charge in [-0.25, -0.2) is 4.99 Å². The quantitative estimate of drug-likeness (QED) is 0.497. The fraction of sp³-hybridized carbons (Fsp3) is 0.455. The zero-order valence-electron chi connectivity index (χ0n) is 17.8. The standard InChI is InChI=1S/C22H30N4O3S/c1-16-6-7-17(20(11-16)29-18-8-9-28-15-18)12-23-22(25-14-21(27)26(2)3)24-13-19-5-4-10-30-19/h4-7,10-11,18H,8-9,12-15H2,1-3H3,(H2,23,24,25). The number of carbonyl (C=O) groups is 1. The van der Waals surface area contributed by atoms with Crippen LogP contribution in [-0.4, -0.2) is 56.7 Å². The zero-order valence-corrected chi connectivity index (χ0v) is 18.6. The normalized spacial score (nSPS) is 16.4. The highest BCUT2D eigenvalue weighted by atomic mass is 32.1. The van der Waals surface area contributed by atoms with Crippen molar-refractivity contribution in [3.05, 3.63) is 51.7 Å². The zero-order chi connectivity index (χ0) is 21.3. The van der Waals surface area contributed by atoms with Crippen molar-refractivity contribution in [1.29, 1.82) is 0 Å². The smallest absolute Gasteiger partial charge is 0.241 e. The fourth-order valence-electron chi connectivity index (χ4n) is 2.93. The Bertz CT molecular complexity index is 846. The number of nitrogens with zero attached hydrogens (tertiary/aromatic N) is 2. The van der Waals surface area contributed by atoms with Crippen molar-refractivity contribution in [1.82, 2.24) is 15.5 Å². The first-order valence-electron chi connectivity index (χ1n) is 10.1. The van der Waals surface area contributed by atoms with Gasteiger partial charge in [0.2, 0.25) is 5.91 Å². The highest BCUT2D eigenvalue weighted by molar-refractivity contribution is 7.09. The van der Waals surface area contributed by atoms with E-state index in [0.29, 0.717) is 25.7 Å². The minimum absolute atomic E-state index is 0.0128. The van der Waals surface area contributed by atoms with Gasteiger partial charge in [-0.05, 0) is 30.0 Å². The average Bonchev–Trinajstić information content (AvgIpc) is 3.42. The van der Waals surface area contributed by atoms with Gasteiger partial charge in [-0.2, -0.15) is 0 Å². The van der Waals surface area contributed by atoms with Crippen LogP contribution in [-0.2, 0) is 22.6 Å². The third-order valence-electron chi connectivity index (χ3n) is 4.73. The van der Waals surface area contributed by atoms with Crippen molar-refractivity contribution in [3.63, 3.8) is 0 Å². The number of ether oxygens (including phenoxy) is 2. The molecule has 0 spiro atoms. The van der Waals surface area contributed by atoms with Crippen LogP contribution in [0, 0.1) is 6.92 Å². The Morgan fingerprint density at radius 3 is 2.90 bits per heavy atom. The summed E-state index contributed by atoms with van der Waals surface area (Å²) in [5.74, 6) is 1.42. The van der Waals surface area contributed by atoms with Crippen molar-refractivity contribution in [3.8, 4) is 5.75 Å². The largest absolute Gasteiger partial charge is 0.488 e. The predicted molar refractivity (Wildman–Crippen MR) is 120 cm³/mol. The van der Waals surface area contributed by atoms with Crippen molar-refractivity contribution in [2.75, 3.05) is 33.9 Å². The van der Waals surface area contributed by atoms with Crippen molar-refractivity contribution >= 4 is 23.2 Å². The van der Waals surface area contributed by atoms with Crippen LogP contribution >= 0.6 is 11.3 Å². The molecule has 1 unspecified atom stereocenters. The van der Waals surface area contributed by atoms with Crippen LogP contribution < -0.4 is 15.4 Å². The fourth-order valence-corrected chi connectivity index (χ4v) is 3.57. The predicted octanol–water partition coefficient (Wildman–Crippen LogP) is 2.55. The number of hydrogen-bond acceptors (Lipinski definition) is 5. The molecule has 8 heteroatoms. The second kappa shape index (κ2) is 11.0. The lowest BCUT2D eigenvalue weighted by atomic mass is 10.1. The molecule has 0 saturated carbocycles. The van der Waals surface area contributed by atoms with E-state index in [4.69, 9.17) is 14.5 Å². The molecule has 7 nitrogen and oxygen atoms in total. The number of likely N-dealkylation sites (N-methyl/N-ethyl adjacent to an activating group) is 1. The SMILES string of the molecule is Cc1ccc(CN=C(NCC(=O)N(C)C)NCc2cccs2)c(OC2CCOC2)c1. The molecule has 1 aromatic carbocycles. The molecule has 1 aliphatic heterocycles. The molecule has 1 fully saturated rings. The summed E-state index contributed by atoms with van der Waals surface area (Å²) in [5, 5.41) is 8.48. The lowest BCUT2D eigenvalue weighted by Crippen LogP contribution is -2.42. The van der Waals surface area contributed by atoms with Gasteiger partial charge in [-0.3, -0.25) is 4.79 Å². The minimum Gasteiger partial charge on any atom is -0.488 e. The van der Waals surface area contributed by atoms with Crippen LogP contribution in [0.25, 0.3) is 0 Å². The lowest BCUT2D eigenvalue weighted by molar-refractivity contribution is -0.127. The molecule has 162 valence electrons. The molecular weight excluding hydrogens is 400 g/mol. The topological polar surface area (TPSA) is 75.2 Å². The summed E-state index contributed by atoms with van der Waals surface area (Å²) in [6.07, 6.45) is 0.986. The van der Waals surface area contributed by atoms with Crippen LogP contribution in [0.4, 0.5) is 0 Å². The maximum Gasteiger partial charge on any atom is 0.241 e. The Balaban J connectivity index is 1.70. The number of aryl methyl sites for hydroxylation is 1. The van der Waals surface area contributed by atoms with Gasteiger partial charge in [0.1, 0.15) is 11.9 Å². The van der Waals surface area contributed by atoms with Crippen molar-refractivity contribution in [2.24, 2.45) is 4.99 Å². The second-order valence-corrected chi connectivity index (χ2v) is 8.49. The van der Waals surface area contributed by atoms with E-state index in [-0.39, 0.29) is 18.6 Å². The van der Waals surface area contributed by atoms with Gasteiger partial charge in [0.25, 0.3) is 0 Å². The first-order chi connectivity index (χ1) is 14.5. The molecule has 30 heavy (non-hydrogen) atoms. The number of aliphatic imine (C=N–C) groups is 1. The average molecular weight is 431 g/mol. The van der Waals surface area contributed by atoms with E-state index < -0.39 is 0 Å². The summed E-state index contributed by atoms with van der Waals surface area (Å²) < 4.78 is 11.6. The second-order valence-electron chi connectivity index (χ2n) is 7.45. The monoisotopic (exact) mass is 430 g/mol. The summed E-state index contributed by atoms with van der Waals surface area (Å²) in [5.41, 5.74) is 2.14. The molecule has 1 aromatic heterocycles. The number of amides is 1. The number of hydrogen-bond donors (Lipinski definition) is 2. The minimum atomic E-state index is -0.0128. The Kier molecular flexibility index (Phi) is 8.10. The van der Waals surface area contributed by atoms with Crippen molar-refractivity contribution < 1.29 is 14.3 Å². The van der Waals surface area contributed by atoms with Gasteiger partial charge in [-0.1, -0.05) is 18.2 Å². The van der Waals surface area contributed by atoms with E-state index >= 15 is 0 Å². The van der Waals surface area contributed by atoms with Crippen molar-refractivity contribution in [2.45, 2.75) is 32.5 Å². The summed E-state index contributed by atoms with van der Waals surface area (Å²) in [6, 6.07) is 10.2. The third kappa shape index (κ3) is 6.74. The van der Waals surface area contributed by atoms with Crippen LogP contribution in [0.15, 0.2) is 40.7 Å². The summed E-state index contributed by atoms with van der Waals surface area (Å²) >= 11 is 1.68. The van der Waals surface area contributed by atoms with Crippen LogP contribution in [0.2, 0.25) is 0 Å². The van der Waals surface area contributed by atoms with Gasteiger partial charge in [0.05, 0.1) is 32.8 Å². The van der Waals surface area contributed by atoms with Crippen LogP contribution in [0.1, 0.15) is 22.4 Å². The van der Waals surface area contributed by atoms with E-state index in [1.54, 1.807) is 30.3 Å². The Hall–Kier alpha value is -2.58. The van der Waals surface area contributed by atoms with Gasteiger partial charge < -0.3 is 25.0 Å². The highest BCUT2D eigenvalue weighted by Crippen LogP contribution is 2.24. The van der Waals surface area contributed by atoms with E-state index in [0.717, 1.165) is 29.9 Å². The highest BCUT2D eigenvalue weighted by Gasteiger charge is 2.18. The first kappa shape index (κ1) is 22.1. The first-order valence-corrected chi connectivity index (χ1v) is 11.0. The van der Waals surface area contributed by atoms with Crippen LogP contribution in [0.3, 0.4) is 0 Å². The number of guanidine groups is 1. The van der Waals surface area contributed by atoms with Gasteiger partial charge >= 0.3 is 0 Å². The van der Waals surface area contributed by atoms with E-state index in [9.17, 15) is 4.79 Å². The molecule has 2 N–H and O–H groups in total. The maximum absolute atomic E-state index is 12.0. The molecule has 1 amide bonds. The summed E-state index contributed by atoms with van der Waals surface area (Å²) in [6.45, 7) is 4.69. The van der Waals surface area contributed by atoms with E-state index in [1.165, 1.54) is 4.88 Å². The molecule has 1 aliphatic rings. The molecule has 3 rings (SSSR count). The van der Waals surface area contributed by atoms with Gasteiger partial charge in [0.15, 0.2) is 5.96 Å². The number of thiophene rings is 1. The van der Waals surface area contributed by atoms with Gasteiger partial charge in [-0.15, -0.1) is 11.3 Å². The number of carbonyl (C=O) groups excluding carboxylic acids is 1.